The summed E-state index contributed by atoms with van der Waals surface area (Å²) in [6.45, 7) is 2.76. The number of amides is 2. The van der Waals surface area contributed by atoms with Crippen molar-refractivity contribution in [2.24, 2.45) is 17.8 Å². The van der Waals surface area contributed by atoms with Gasteiger partial charge in [-0.05, 0) is 31.2 Å². The molecule has 25 heavy (non-hydrogen) atoms. The highest BCUT2D eigenvalue weighted by molar-refractivity contribution is 5.89. The zero-order valence-electron chi connectivity index (χ0n) is 14.4. The summed E-state index contributed by atoms with van der Waals surface area (Å²) in [5.41, 5.74) is 0.755. The second kappa shape index (κ2) is 7.25. The fourth-order valence-electron chi connectivity index (χ4n) is 3.31. The monoisotopic (exact) mass is 344 g/mol. The molecule has 0 bridgehead atoms. The summed E-state index contributed by atoms with van der Waals surface area (Å²) in [5.74, 6) is -1.76. The lowest BCUT2D eigenvalue weighted by atomic mass is 9.93. The first-order valence-electron chi connectivity index (χ1n) is 8.81. The van der Waals surface area contributed by atoms with E-state index in [1.165, 1.54) is 0 Å². The van der Waals surface area contributed by atoms with Crippen molar-refractivity contribution in [3.8, 4) is 0 Å². The van der Waals surface area contributed by atoms with Crippen LogP contribution in [0.25, 0.3) is 0 Å². The lowest BCUT2D eigenvalue weighted by Gasteiger charge is -2.24. The molecule has 0 spiro atoms. The van der Waals surface area contributed by atoms with Crippen LogP contribution >= 0.6 is 0 Å². The molecule has 0 radical (unpaired) electrons. The maximum atomic E-state index is 12.7. The number of nitrogens with zero attached hydrogens (tertiary/aromatic N) is 1. The fourth-order valence-corrected chi connectivity index (χ4v) is 3.31. The van der Waals surface area contributed by atoms with Crippen LogP contribution in [0.15, 0.2) is 30.3 Å². The fraction of sp³-hybridized carbons (Fsp3) is 0.526. The molecule has 1 aromatic carbocycles. The van der Waals surface area contributed by atoms with Gasteiger partial charge in [-0.2, -0.15) is 0 Å². The summed E-state index contributed by atoms with van der Waals surface area (Å²) in [6.07, 6.45) is 2.53. The van der Waals surface area contributed by atoms with E-state index in [0.29, 0.717) is 12.5 Å². The Hall–Kier alpha value is -2.37. The molecule has 2 N–H and O–H groups in total. The van der Waals surface area contributed by atoms with E-state index in [0.717, 1.165) is 24.9 Å². The maximum absolute atomic E-state index is 12.7. The Balaban J connectivity index is 1.67. The largest absolute Gasteiger partial charge is 0.481 e. The van der Waals surface area contributed by atoms with E-state index in [4.69, 9.17) is 0 Å². The zero-order chi connectivity index (χ0) is 18.0. The van der Waals surface area contributed by atoms with Crippen molar-refractivity contribution in [1.82, 2.24) is 10.2 Å². The summed E-state index contributed by atoms with van der Waals surface area (Å²) >= 11 is 0. The van der Waals surface area contributed by atoms with Crippen LogP contribution in [-0.4, -0.2) is 40.9 Å². The van der Waals surface area contributed by atoms with Gasteiger partial charge in [0.1, 0.15) is 0 Å². The second-order valence-corrected chi connectivity index (χ2v) is 7.17. The molecular weight excluding hydrogens is 320 g/mol. The lowest BCUT2D eigenvalue weighted by molar-refractivity contribution is -0.142. The van der Waals surface area contributed by atoms with Gasteiger partial charge in [0.2, 0.25) is 11.8 Å². The Morgan fingerprint density at radius 3 is 2.56 bits per heavy atom. The van der Waals surface area contributed by atoms with E-state index in [-0.39, 0.29) is 18.2 Å². The normalized spacial score (nSPS) is 22.5. The molecule has 3 atom stereocenters. The highest BCUT2D eigenvalue weighted by atomic mass is 16.4. The van der Waals surface area contributed by atoms with E-state index in [2.05, 4.69) is 5.32 Å². The van der Waals surface area contributed by atoms with E-state index < -0.39 is 23.8 Å². The molecule has 3 unspecified atom stereocenters. The number of hydrogen-bond donors (Lipinski definition) is 2. The van der Waals surface area contributed by atoms with Gasteiger partial charge in [-0.3, -0.25) is 14.4 Å². The summed E-state index contributed by atoms with van der Waals surface area (Å²) in [6, 6.07) is 8.49. The van der Waals surface area contributed by atoms with Gasteiger partial charge in [-0.15, -0.1) is 0 Å². The molecule has 3 rings (SSSR count). The molecule has 1 heterocycles. The summed E-state index contributed by atoms with van der Waals surface area (Å²) in [5, 5.41) is 12.2. The van der Waals surface area contributed by atoms with Crippen molar-refractivity contribution in [1.29, 1.82) is 0 Å². The number of carbonyl (C=O) groups excluding carboxylic acids is 2. The third-order valence-corrected chi connectivity index (χ3v) is 5.11. The predicted molar refractivity (Wildman–Crippen MR) is 91.5 cm³/mol. The van der Waals surface area contributed by atoms with Crippen molar-refractivity contribution in [3.05, 3.63) is 35.9 Å². The van der Waals surface area contributed by atoms with Crippen LogP contribution in [0.4, 0.5) is 0 Å². The number of rotatable bonds is 7. The lowest BCUT2D eigenvalue weighted by Crippen LogP contribution is -2.39. The highest BCUT2D eigenvalue weighted by Crippen LogP contribution is 2.32. The van der Waals surface area contributed by atoms with Crippen molar-refractivity contribution < 1.29 is 19.5 Å². The van der Waals surface area contributed by atoms with Crippen molar-refractivity contribution in [3.63, 3.8) is 0 Å². The van der Waals surface area contributed by atoms with Crippen LogP contribution in [0.2, 0.25) is 0 Å². The Kier molecular flexibility index (Phi) is 5.06. The molecule has 0 aromatic heterocycles. The van der Waals surface area contributed by atoms with Crippen LogP contribution in [0.3, 0.4) is 0 Å². The van der Waals surface area contributed by atoms with Gasteiger partial charge < -0.3 is 15.3 Å². The standard InChI is InChI=1S/C19H24N2O4/c1-12(19(24)25)17(14-5-3-2-4-6-14)20-18(23)15-9-16(22)21(11-15)10-13-7-8-13/h2-6,12-13,15,17H,7-11H2,1H3,(H,20,23)(H,24,25). The number of benzene rings is 1. The molecule has 134 valence electrons. The number of carbonyl (C=O) groups is 3. The van der Waals surface area contributed by atoms with E-state index >= 15 is 0 Å². The SMILES string of the molecule is CC(C(=O)O)C(NC(=O)C1CC(=O)N(CC2CC2)C1)c1ccccc1. The molecule has 1 saturated carbocycles. The number of likely N-dealkylation sites (tertiary alicyclic amines) is 1. The summed E-state index contributed by atoms with van der Waals surface area (Å²) < 4.78 is 0. The van der Waals surface area contributed by atoms with Gasteiger partial charge in [-0.25, -0.2) is 0 Å². The van der Waals surface area contributed by atoms with Crippen molar-refractivity contribution in [2.75, 3.05) is 13.1 Å². The molecular formula is C19H24N2O4. The molecule has 2 aliphatic rings. The Labute approximate surface area is 147 Å². The van der Waals surface area contributed by atoms with Crippen LogP contribution in [0.1, 0.15) is 37.8 Å². The number of nitrogens with one attached hydrogen (secondary N) is 1. The molecule has 1 aliphatic carbocycles. The number of carboxylic acids is 1. The average Bonchev–Trinajstić information content (AvgIpc) is 3.34. The molecule has 2 amide bonds. The van der Waals surface area contributed by atoms with Crippen molar-refractivity contribution in [2.45, 2.75) is 32.2 Å². The zero-order valence-corrected chi connectivity index (χ0v) is 14.4. The van der Waals surface area contributed by atoms with E-state index in [1.54, 1.807) is 11.8 Å². The first-order valence-corrected chi connectivity index (χ1v) is 8.81. The van der Waals surface area contributed by atoms with Gasteiger partial charge >= 0.3 is 5.97 Å². The minimum Gasteiger partial charge on any atom is -0.481 e. The van der Waals surface area contributed by atoms with Crippen molar-refractivity contribution >= 4 is 17.8 Å². The minimum absolute atomic E-state index is 0.0228. The van der Waals surface area contributed by atoms with Gasteiger partial charge in [0.25, 0.3) is 0 Å². The van der Waals surface area contributed by atoms with Gasteiger partial charge in [0, 0.05) is 19.5 Å². The van der Waals surface area contributed by atoms with Gasteiger partial charge in [0.15, 0.2) is 0 Å². The number of carboxylic acid groups (broad SMARTS) is 1. The summed E-state index contributed by atoms with van der Waals surface area (Å²) in [7, 11) is 0. The van der Waals surface area contributed by atoms with Crippen LogP contribution < -0.4 is 5.32 Å². The van der Waals surface area contributed by atoms with Crippen LogP contribution in [0.5, 0.6) is 0 Å². The first kappa shape index (κ1) is 17.5. The second-order valence-electron chi connectivity index (χ2n) is 7.17. The van der Waals surface area contributed by atoms with Crippen LogP contribution in [0, 0.1) is 17.8 Å². The third kappa shape index (κ3) is 4.18. The Morgan fingerprint density at radius 1 is 1.28 bits per heavy atom. The van der Waals surface area contributed by atoms with Gasteiger partial charge in [0.05, 0.1) is 17.9 Å². The van der Waals surface area contributed by atoms with Crippen LogP contribution in [-0.2, 0) is 14.4 Å². The average molecular weight is 344 g/mol. The number of hydrogen-bond acceptors (Lipinski definition) is 3. The Morgan fingerprint density at radius 2 is 1.96 bits per heavy atom. The smallest absolute Gasteiger partial charge is 0.308 e. The highest BCUT2D eigenvalue weighted by Gasteiger charge is 2.38. The first-order chi connectivity index (χ1) is 12.0. The quantitative estimate of drug-likeness (QED) is 0.790. The number of aliphatic carboxylic acids is 1. The summed E-state index contributed by atoms with van der Waals surface area (Å²) in [4.78, 5) is 38.0. The molecule has 2 fully saturated rings. The predicted octanol–water partition coefficient (Wildman–Crippen LogP) is 1.82. The van der Waals surface area contributed by atoms with Gasteiger partial charge in [-0.1, -0.05) is 30.3 Å². The third-order valence-electron chi connectivity index (χ3n) is 5.11. The van der Waals surface area contributed by atoms with E-state index in [9.17, 15) is 19.5 Å². The Bertz CT molecular complexity index is 657. The van der Waals surface area contributed by atoms with E-state index in [1.807, 2.05) is 30.3 Å². The molecule has 1 aromatic rings. The topological polar surface area (TPSA) is 86.7 Å². The molecule has 6 heteroatoms. The maximum Gasteiger partial charge on any atom is 0.308 e. The molecule has 1 saturated heterocycles. The molecule has 6 nitrogen and oxygen atoms in total. The molecule has 1 aliphatic heterocycles. The minimum atomic E-state index is -0.966.